The van der Waals surface area contributed by atoms with Crippen LogP contribution in [0.15, 0.2) is 59.7 Å². The summed E-state index contributed by atoms with van der Waals surface area (Å²) in [6.07, 6.45) is 1.84. The van der Waals surface area contributed by atoms with Crippen molar-refractivity contribution in [1.82, 2.24) is 10.7 Å². The number of nitrogens with one attached hydrogen (secondary N) is 2. The van der Waals surface area contributed by atoms with Crippen LogP contribution in [-0.2, 0) is 16.1 Å². The van der Waals surface area contributed by atoms with Crippen molar-refractivity contribution < 1.29 is 9.59 Å². The van der Waals surface area contributed by atoms with Crippen LogP contribution in [0.3, 0.4) is 0 Å². The smallest absolute Gasteiger partial charge is 0.240 e. The Balaban J connectivity index is 1.67. The van der Waals surface area contributed by atoms with E-state index in [4.69, 9.17) is 0 Å². The van der Waals surface area contributed by atoms with E-state index >= 15 is 0 Å². The highest BCUT2D eigenvalue weighted by molar-refractivity contribution is 5.86. The van der Waals surface area contributed by atoms with E-state index < -0.39 is 0 Å². The van der Waals surface area contributed by atoms with Gasteiger partial charge in [-0.05, 0) is 23.6 Å². The molecule has 0 spiro atoms. The molecule has 0 aliphatic carbocycles. The van der Waals surface area contributed by atoms with Crippen LogP contribution in [-0.4, -0.2) is 18.0 Å². The van der Waals surface area contributed by atoms with E-state index in [1.54, 1.807) is 6.21 Å². The number of aryl methyl sites for hydroxylation is 1. The van der Waals surface area contributed by atoms with Crippen molar-refractivity contribution in [3.05, 3.63) is 71.3 Å². The third-order valence-corrected chi connectivity index (χ3v) is 3.49. The van der Waals surface area contributed by atoms with Gasteiger partial charge in [0.2, 0.25) is 11.8 Å². The molecule has 5 heteroatoms. The average molecular weight is 323 g/mol. The van der Waals surface area contributed by atoms with E-state index in [2.05, 4.69) is 15.8 Å². The van der Waals surface area contributed by atoms with E-state index in [9.17, 15) is 9.59 Å². The number of carbonyl (C=O) groups is 2. The molecule has 0 atom stereocenters. The van der Waals surface area contributed by atoms with Gasteiger partial charge < -0.3 is 5.32 Å². The summed E-state index contributed by atoms with van der Waals surface area (Å²) in [7, 11) is 0. The van der Waals surface area contributed by atoms with Crippen molar-refractivity contribution >= 4 is 18.0 Å². The van der Waals surface area contributed by atoms with E-state index in [0.717, 1.165) is 16.7 Å². The zero-order valence-electron chi connectivity index (χ0n) is 13.7. The summed E-state index contributed by atoms with van der Waals surface area (Å²) >= 11 is 0. The molecule has 124 valence electrons. The number of hydrazone groups is 1. The number of hydrogen-bond donors (Lipinski definition) is 2. The van der Waals surface area contributed by atoms with Crippen LogP contribution in [0.5, 0.6) is 0 Å². The molecule has 0 aliphatic heterocycles. The number of rotatable bonds is 7. The fourth-order valence-corrected chi connectivity index (χ4v) is 2.07. The highest BCUT2D eigenvalue weighted by Gasteiger charge is 2.06. The second-order valence-electron chi connectivity index (χ2n) is 5.41. The van der Waals surface area contributed by atoms with E-state index in [1.807, 2.05) is 61.5 Å². The molecule has 0 unspecified atom stereocenters. The molecule has 2 rings (SSSR count). The van der Waals surface area contributed by atoms with E-state index in [0.29, 0.717) is 6.54 Å². The summed E-state index contributed by atoms with van der Waals surface area (Å²) in [5.74, 6) is -0.438. The van der Waals surface area contributed by atoms with Gasteiger partial charge in [-0.2, -0.15) is 5.10 Å². The molecule has 2 aromatic carbocycles. The number of hydrogen-bond acceptors (Lipinski definition) is 3. The minimum Gasteiger partial charge on any atom is -0.352 e. The lowest BCUT2D eigenvalue weighted by molar-refractivity contribution is -0.126. The Kier molecular flexibility index (Phi) is 6.71. The maximum absolute atomic E-state index is 11.7. The van der Waals surface area contributed by atoms with Gasteiger partial charge in [0.05, 0.1) is 6.21 Å². The first-order valence-electron chi connectivity index (χ1n) is 7.83. The molecule has 2 amide bonds. The predicted molar refractivity (Wildman–Crippen MR) is 94.4 cm³/mol. The number of benzene rings is 2. The Labute approximate surface area is 141 Å². The van der Waals surface area contributed by atoms with Gasteiger partial charge in [0.1, 0.15) is 0 Å². The van der Waals surface area contributed by atoms with Gasteiger partial charge in [-0.25, -0.2) is 5.43 Å². The fourth-order valence-electron chi connectivity index (χ4n) is 2.07. The SMILES string of the molecule is Cc1ccccc1/C=N/NC(=O)CCC(=O)NCc1ccccc1. The van der Waals surface area contributed by atoms with Crippen molar-refractivity contribution in [3.63, 3.8) is 0 Å². The lowest BCUT2D eigenvalue weighted by atomic mass is 10.1. The zero-order chi connectivity index (χ0) is 17.2. The van der Waals surface area contributed by atoms with Gasteiger partial charge in [-0.3, -0.25) is 9.59 Å². The summed E-state index contributed by atoms with van der Waals surface area (Å²) in [6, 6.07) is 17.4. The summed E-state index contributed by atoms with van der Waals surface area (Å²) in [4.78, 5) is 23.4. The summed E-state index contributed by atoms with van der Waals surface area (Å²) < 4.78 is 0. The van der Waals surface area contributed by atoms with Gasteiger partial charge in [-0.15, -0.1) is 0 Å². The molecule has 0 aromatic heterocycles. The Morgan fingerprint density at radius 1 is 0.958 bits per heavy atom. The van der Waals surface area contributed by atoms with Gasteiger partial charge in [-0.1, -0.05) is 54.6 Å². The molecule has 0 bridgehead atoms. The van der Waals surface area contributed by atoms with Crippen molar-refractivity contribution in [2.45, 2.75) is 26.3 Å². The largest absolute Gasteiger partial charge is 0.352 e. The van der Waals surface area contributed by atoms with Crippen molar-refractivity contribution in [2.24, 2.45) is 5.10 Å². The molecule has 2 aromatic rings. The van der Waals surface area contributed by atoms with Crippen LogP contribution >= 0.6 is 0 Å². The standard InChI is InChI=1S/C19H21N3O2/c1-15-7-5-6-10-17(15)14-21-22-19(24)12-11-18(23)20-13-16-8-3-2-4-9-16/h2-10,14H,11-13H2,1H3,(H,20,23)(H,22,24)/b21-14+. The number of carbonyl (C=O) groups excluding carboxylic acids is 2. The Morgan fingerprint density at radius 2 is 1.62 bits per heavy atom. The second-order valence-corrected chi connectivity index (χ2v) is 5.41. The van der Waals surface area contributed by atoms with Crippen LogP contribution in [0, 0.1) is 6.92 Å². The van der Waals surface area contributed by atoms with Crippen LogP contribution in [0.1, 0.15) is 29.5 Å². The molecule has 0 saturated heterocycles. The van der Waals surface area contributed by atoms with E-state index in [-0.39, 0.29) is 24.7 Å². The lowest BCUT2D eigenvalue weighted by Gasteiger charge is -2.05. The first-order chi connectivity index (χ1) is 11.6. The molecule has 0 radical (unpaired) electrons. The van der Waals surface area contributed by atoms with E-state index in [1.165, 1.54) is 0 Å². The van der Waals surface area contributed by atoms with Gasteiger partial charge >= 0.3 is 0 Å². The molecular weight excluding hydrogens is 302 g/mol. The Hall–Kier alpha value is -2.95. The average Bonchev–Trinajstić information content (AvgIpc) is 2.61. The first kappa shape index (κ1) is 17.4. The lowest BCUT2D eigenvalue weighted by Crippen LogP contribution is -2.25. The van der Waals surface area contributed by atoms with Crippen LogP contribution < -0.4 is 10.7 Å². The number of nitrogens with zero attached hydrogens (tertiary/aromatic N) is 1. The van der Waals surface area contributed by atoms with Gasteiger partial charge in [0.25, 0.3) is 0 Å². The third kappa shape index (κ3) is 6.04. The summed E-state index contributed by atoms with van der Waals surface area (Å²) in [5.41, 5.74) is 5.49. The quantitative estimate of drug-likeness (QED) is 0.607. The molecule has 24 heavy (non-hydrogen) atoms. The van der Waals surface area contributed by atoms with Crippen molar-refractivity contribution in [2.75, 3.05) is 0 Å². The molecule has 0 saturated carbocycles. The molecule has 0 aliphatic rings. The maximum Gasteiger partial charge on any atom is 0.240 e. The maximum atomic E-state index is 11.7. The van der Waals surface area contributed by atoms with Crippen molar-refractivity contribution in [3.8, 4) is 0 Å². The Morgan fingerprint density at radius 3 is 2.38 bits per heavy atom. The normalized spacial score (nSPS) is 10.5. The van der Waals surface area contributed by atoms with Crippen LogP contribution in [0.25, 0.3) is 0 Å². The van der Waals surface area contributed by atoms with Gasteiger partial charge in [0, 0.05) is 19.4 Å². The first-order valence-corrected chi connectivity index (χ1v) is 7.83. The minimum absolute atomic E-state index is 0.103. The monoisotopic (exact) mass is 323 g/mol. The summed E-state index contributed by atoms with van der Waals surface area (Å²) in [6.45, 7) is 2.44. The Bertz CT molecular complexity index is 712. The minimum atomic E-state index is -0.283. The molecule has 0 fully saturated rings. The number of amides is 2. The second kappa shape index (κ2) is 9.25. The fraction of sp³-hybridized carbons (Fsp3) is 0.211. The van der Waals surface area contributed by atoms with Crippen LogP contribution in [0.4, 0.5) is 0 Å². The van der Waals surface area contributed by atoms with Gasteiger partial charge in [0.15, 0.2) is 0 Å². The van der Waals surface area contributed by atoms with Crippen LogP contribution in [0.2, 0.25) is 0 Å². The molecule has 0 heterocycles. The van der Waals surface area contributed by atoms with Crippen molar-refractivity contribution in [1.29, 1.82) is 0 Å². The topological polar surface area (TPSA) is 70.6 Å². The zero-order valence-corrected chi connectivity index (χ0v) is 13.7. The molecule has 5 nitrogen and oxygen atoms in total. The summed E-state index contributed by atoms with van der Waals surface area (Å²) in [5, 5.41) is 6.70. The predicted octanol–water partition coefficient (Wildman–Crippen LogP) is 2.54. The molecule has 2 N–H and O–H groups in total. The highest BCUT2D eigenvalue weighted by Crippen LogP contribution is 2.03. The third-order valence-electron chi connectivity index (χ3n) is 3.49. The highest BCUT2D eigenvalue weighted by atomic mass is 16.2. The molecular formula is C19H21N3O2.